The van der Waals surface area contributed by atoms with E-state index in [0.717, 1.165) is 65.6 Å². The third-order valence-corrected chi connectivity index (χ3v) is 16.1. The van der Waals surface area contributed by atoms with E-state index in [4.69, 9.17) is 14.4 Å². The molecule has 296 valence electrons. The van der Waals surface area contributed by atoms with E-state index in [1.165, 1.54) is 53.3 Å². The molecule has 0 spiro atoms. The largest absolute Gasteiger partial charge is 0.455 e. The van der Waals surface area contributed by atoms with Gasteiger partial charge in [-0.3, -0.25) is 4.57 Å². The van der Waals surface area contributed by atoms with Gasteiger partial charge in [-0.1, -0.05) is 165 Å². The number of rotatable bonds is 4. The number of aromatic nitrogens is 3. The highest BCUT2D eigenvalue weighted by molar-refractivity contribution is 8.00. The summed E-state index contributed by atoms with van der Waals surface area (Å²) in [6, 6.07) is 58.8. The van der Waals surface area contributed by atoms with Gasteiger partial charge >= 0.3 is 0 Å². The number of nitrogens with zero attached hydrogens (tertiary/aromatic N) is 3. The fourth-order valence-electron chi connectivity index (χ4n) is 10.6. The van der Waals surface area contributed by atoms with Crippen LogP contribution < -0.4 is 0 Å². The van der Waals surface area contributed by atoms with Crippen molar-refractivity contribution in [2.75, 3.05) is 0 Å². The molecule has 5 heterocycles. The molecule has 0 amide bonds. The molecule has 14 rings (SSSR count). The van der Waals surface area contributed by atoms with Crippen molar-refractivity contribution in [2.45, 2.75) is 22.5 Å². The average Bonchev–Trinajstić information content (AvgIpc) is 4.09. The molecule has 8 aromatic carbocycles. The minimum atomic E-state index is -0.187. The predicted molar refractivity (Wildman–Crippen MR) is 266 cm³/mol. The summed E-state index contributed by atoms with van der Waals surface area (Å²) in [7, 11) is 0. The maximum absolute atomic E-state index is 6.87. The Morgan fingerprint density at radius 2 is 1.30 bits per heavy atom. The van der Waals surface area contributed by atoms with Gasteiger partial charge in [-0.15, -0.1) is 23.1 Å². The molecule has 2 aliphatic rings. The van der Waals surface area contributed by atoms with Gasteiger partial charge in [-0.2, -0.15) is 0 Å². The molecule has 6 heteroatoms. The molecule has 1 aliphatic heterocycles. The van der Waals surface area contributed by atoms with Crippen LogP contribution in [0.3, 0.4) is 0 Å². The number of thioether (sulfide) groups is 1. The SMILES string of the molecule is CC12C=CC=CC1Sc1c2c2ccccc2c2c3cc(-c4ccccc4)ccc3n(-c3nc(-c4ccc(-c5ccccc5)c5c4oc4ccccc45)nc4sc5ccccc5c34)c12. The predicted octanol–water partition coefficient (Wildman–Crippen LogP) is 15.9. The summed E-state index contributed by atoms with van der Waals surface area (Å²) < 4.78 is 10.5. The van der Waals surface area contributed by atoms with E-state index in [9.17, 15) is 0 Å². The van der Waals surface area contributed by atoms with Crippen molar-refractivity contribution in [2.24, 2.45) is 0 Å². The number of furan rings is 1. The highest BCUT2D eigenvalue weighted by atomic mass is 32.2. The first kappa shape index (κ1) is 35.4. The molecule has 12 aromatic rings. The maximum atomic E-state index is 6.87. The molecule has 2 atom stereocenters. The van der Waals surface area contributed by atoms with E-state index in [-0.39, 0.29) is 10.7 Å². The van der Waals surface area contributed by atoms with Crippen LogP contribution in [0.15, 0.2) is 197 Å². The van der Waals surface area contributed by atoms with Crippen LogP contribution in [0.25, 0.3) is 114 Å². The van der Waals surface area contributed by atoms with Crippen LogP contribution in [0.1, 0.15) is 12.5 Å². The number of para-hydroxylation sites is 1. The molecule has 1 aliphatic carbocycles. The van der Waals surface area contributed by atoms with E-state index < -0.39 is 0 Å². The topological polar surface area (TPSA) is 43.9 Å². The Kier molecular flexibility index (Phi) is 7.37. The van der Waals surface area contributed by atoms with Gasteiger partial charge in [0.2, 0.25) is 0 Å². The number of allylic oxidation sites excluding steroid dienone is 3. The quantitative estimate of drug-likeness (QED) is 0.177. The average molecular weight is 842 g/mol. The Balaban J connectivity index is 1.16. The Labute approximate surface area is 370 Å². The summed E-state index contributed by atoms with van der Waals surface area (Å²) >= 11 is 3.72. The Bertz CT molecular complexity index is 3970. The summed E-state index contributed by atoms with van der Waals surface area (Å²) in [4.78, 5) is 13.6. The number of fused-ring (bicyclic) bond motifs is 16. The van der Waals surface area contributed by atoms with Gasteiger partial charge in [0.15, 0.2) is 11.6 Å². The normalized spacial score (nSPS) is 17.0. The van der Waals surface area contributed by atoms with Crippen molar-refractivity contribution in [3.63, 3.8) is 0 Å². The lowest BCUT2D eigenvalue weighted by molar-refractivity contribution is 0.626. The van der Waals surface area contributed by atoms with Crippen LogP contribution in [0.5, 0.6) is 0 Å². The maximum Gasteiger partial charge on any atom is 0.166 e. The highest BCUT2D eigenvalue weighted by Gasteiger charge is 2.45. The van der Waals surface area contributed by atoms with Gasteiger partial charge in [-0.25, -0.2) is 9.97 Å². The fraction of sp³-hybridized carbons (Fsp3) is 0.0526. The van der Waals surface area contributed by atoms with Gasteiger partial charge in [-0.05, 0) is 68.9 Å². The zero-order chi connectivity index (χ0) is 41.4. The van der Waals surface area contributed by atoms with Crippen LogP contribution in [-0.4, -0.2) is 19.8 Å². The molecule has 0 saturated heterocycles. The number of benzene rings is 8. The van der Waals surface area contributed by atoms with Crippen LogP contribution in [0.2, 0.25) is 0 Å². The van der Waals surface area contributed by atoms with Crippen molar-refractivity contribution >= 4 is 97.9 Å². The highest BCUT2D eigenvalue weighted by Crippen LogP contribution is 2.59. The molecule has 0 fully saturated rings. The molecular weight excluding hydrogens is 807 g/mol. The molecule has 0 saturated carbocycles. The van der Waals surface area contributed by atoms with Crippen molar-refractivity contribution in [1.82, 2.24) is 14.5 Å². The Hall–Kier alpha value is -7.25. The summed E-state index contributed by atoms with van der Waals surface area (Å²) in [5.74, 6) is 1.51. The second-order valence-corrected chi connectivity index (χ2v) is 19.1. The third-order valence-electron chi connectivity index (χ3n) is 13.5. The molecule has 63 heavy (non-hydrogen) atoms. The zero-order valence-electron chi connectivity index (χ0n) is 34.0. The van der Waals surface area contributed by atoms with Gasteiger partial charge in [0.05, 0.1) is 22.0 Å². The molecule has 4 aromatic heterocycles. The minimum Gasteiger partial charge on any atom is -0.455 e. The Morgan fingerprint density at radius 1 is 0.587 bits per heavy atom. The first-order valence-electron chi connectivity index (χ1n) is 21.4. The molecule has 4 nitrogen and oxygen atoms in total. The van der Waals surface area contributed by atoms with Crippen LogP contribution >= 0.6 is 23.1 Å². The Morgan fingerprint density at radius 3 is 2.14 bits per heavy atom. The van der Waals surface area contributed by atoms with Crippen LogP contribution in [-0.2, 0) is 5.41 Å². The number of hydrogen-bond donors (Lipinski definition) is 0. The van der Waals surface area contributed by atoms with Crippen LogP contribution in [0.4, 0.5) is 0 Å². The lowest BCUT2D eigenvalue weighted by atomic mass is 9.75. The second-order valence-electron chi connectivity index (χ2n) is 17.0. The van der Waals surface area contributed by atoms with E-state index in [1.807, 2.05) is 17.8 Å². The van der Waals surface area contributed by atoms with E-state index in [2.05, 4.69) is 194 Å². The van der Waals surface area contributed by atoms with Gasteiger partial charge in [0.1, 0.15) is 16.0 Å². The molecule has 0 bridgehead atoms. The lowest BCUT2D eigenvalue weighted by Crippen LogP contribution is -2.28. The van der Waals surface area contributed by atoms with Crippen LogP contribution in [0, 0.1) is 0 Å². The summed E-state index contributed by atoms with van der Waals surface area (Å²) in [5, 5.41) is 9.62. The standard InChI is InChI=1S/C57H35N3OS2/c1-57-31-15-14-26-46(57)63-53-50(57)38-21-9-8-20-37(38)47-42-32-35(33-16-4-2-5-17-33)27-30-43(42)60(51(47)53)55-49-40-23-11-13-25-45(40)62-56(49)59-54(58-55)41-29-28-36(34-18-6-3-7-19-34)48-39-22-10-12-24-44(39)61-52(41)48/h2-32,46H,1H3. The first-order chi connectivity index (χ1) is 31.1. The summed E-state index contributed by atoms with van der Waals surface area (Å²) in [6.07, 6.45) is 9.25. The first-order valence-corrected chi connectivity index (χ1v) is 23.1. The minimum absolute atomic E-state index is 0.187. The van der Waals surface area contributed by atoms with Crippen molar-refractivity contribution in [3.8, 4) is 39.5 Å². The number of thiophene rings is 1. The zero-order valence-corrected chi connectivity index (χ0v) is 35.7. The number of hydrogen-bond acceptors (Lipinski definition) is 5. The summed E-state index contributed by atoms with van der Waals surface area (Å²) in [5.41, 5.74) is 10.6. The second kappa shape index (κ2) is 13.1. The van der Waals surface area contributed by atoms with Crippen molar-refractivity contribution in [3.05, 3.63) is 194 Å². The van der Waals surface area contributed by atoms with Gasteiger partial charge < -0.3 is 4.42 Å². The molecule has 2 unspecified atom stereocenters. The third kappa shape index (κ3) is 4.93. The van der Waals surface area contributed by atoms with Gasteiger partial charge in [0, 0.05) is 47.2 Å². The van der Waals surface area contributed by atoms with E-state index in [0.29, 0.717) is 5.82 Å². The van der Waals surface area contributed by atoms with Gasteiger partial charge in [0.25, 0.3) is 0 Å². The molecule has 0 N–H and O–H groups in total. The van der Waals surface area contributed by atoms with E-state index in [1.54, 1.807) is 11.3 Å². The fourth-order valence-corrected chi connectivity index (χ4v) is 13.3. The monoisotopic (exact) mass is 841 g/mol. The van der Waals surface area contributed by atoms with E-state index >= 15 is 0 Å². The summed E-state index contributed by atoms with van der Waals surface area (Å²) in [6.45, 7) is 2.42. The molecular formula is C57H35N3OS2. The van der Waals surface area contributed by atoms with Crippen molar-refractivity contribution in [1.29, 1.82) is 0 Å². The van der Waals surface area contributed by atoms with Crippen molar-refractivity contribution < 1.29 is 4.42 Å². The molecule has 0 radical (unpaired) electrons. The lowest BCUT2D eigenvalue weighted by Gasteiger charge is -2.29. The smallest absolute Gasteiger partial charge is 0.166 e.